The lowest BCUT2D eigenvalue weighted by molar-refractivity contribution is -0.136. The first-order chi connectivity index (χ1) is 13.5. The van der Waals surface area contributed by atoms with Crippen LogP contribution in [0.15, 0.2) is 71.4 Å². The van der Waals surface area contributed by atoms with Gasteiger partial charge in [-0.3, -0.25) is 4.79 Å². The van der Waals surface area contributed by atoms with Gasteiger partial charge in [-0.1, -0.05) is 42.5 Å². The van der Waals surface area contributed by atoms with Crippen LogP contribution in [0.4, 0.5) is 0 Å². The van der Waals surface area contributed by atoms with Gasteiger partial charge in [0.1, 0.15) is 5.75 Å². The second-order valence-corrected chi connectivity index (χ2v) is 6.48. The number of hydrogen-bond acceptors (Lipinski definition) is 4. The first-order valence-corrected chi connectivity index (χ1v) is 9.06. The number of ether oxygens (including phenoxy) is 2. The van der Waals surface area contributed by atoms with Crippen molar-refractivity contribution in [2.75, 3.05) is 20.8 Å². The molecule has 0 radical (unpaired) electrons. The Labute approximate surface area is 164 Å². The first-order valence-electron chi connectivity index (χ1n) is 9.06. The van der Waals surface area contributed by atoms with Gasteiger partial charge in [0, 0.05) is 12.2 Å². The summed E-state index contributed by atoms with van der Waals surface area (Å²) in [6, 6.07) is 17.3. The van der Waals surface area contributed by atoms with Crippen molar-refractivity contribution in [3.63, 3.8) is 0 Å². The smallest absolute Gasteiger partial charge is 0.340 e. The van der Waals surface area contributed by atoms with Crippen LogP contribution >= 0.6 is 0 Å². The molecule has 3 rings (SSSR count). The van der Waals surface area contributed by atoms with Gasteiger partial charge in [0.25, 0.3) is 5.91 Å². The van der Waals surface area contributed by atoms with E-state index in [1.54, 1.807) is 25.0 Å². The molecule has 0 saturated carbocycles. The van der Waals surface area contributed by atoms with E-state index in [2.05, 4.69) is 0 Å². The van der Waals surface area contributed by atoms with Crippen molar-refractivity contribution in [2.45, 2.75) is 13.3 Å². The molecule has 2 aromatic rings. The lowest BCUT2D eigenvalue weighted by Gasteiger charge is -2.17. The Morgan fingerprint density at radius 3 is 2.50 bits per heavy atom. The lowest BCUT2D eigenvalue weighted by atomic mass is 10.0. The number of esters is 1. The Morgan fingerprint density at radius 1 is 1.07 bits per heavy atom. The van der Waals surface area contributed by atoms with Crippen LogP contribution in [0.25, 0.3) is 6.08 Å². The minimum absolute atomic E-state index is 0.198. The summed E-state index contributed by atoms with van der Waals surface area (Å²) in [4.78, 5) is 27.1. The standard InChI is InChI=1S/C23H23NO4/c1-16-21(23(26)28-3)20(15-18-10-7-11-19(14-18)27-2)22(25)24(16)13-12-17-8-5-4-6-9-17/h4-11,14-15H,12-13H2,1-3H3. The van der Waals surface area contributed by atoms with Crippen molar-refractivity contribution in [2.24, 2.45) is 0 Å². The molecule has 0 aliphatic carbocycles. The first kappa shape index (κ1) is 19.4. The molecule has 28 heavy (non-hydrogen) atoms. The number of carbonyl (C=O) groups excluding carboxylic acids is 2. The normalized spacial score (nSPS) is 15.3. The summed E-state index contributed by atoms with van der Waals surface area (Å²) in [7, 11) is 2.91. The van der Waals surface area contributed by atoms with Crippen LogP contribution in [0.2, 0.25) is 0 Å². The lowest BCUT2D eigenvalue weighted by Crippen LogP contribution is -2.27. The number of hydrogen-bond donors (Lipinski definition) is 0. The monoisotopic (exact) mass is 377 g/mol. The van der Waals surface area contributed by atoms with E-state index in [-0.39, 0.29) is 5.91 Å². The average molecular weight is 377 g/mol. The molecule has 0 N–H and O–H groups in total. The van der Waals surface area contributed by atoms with Crippen molar-refractivity contribution in [1.29, 1.82) is 0 Å². The molecule has 5 nitrogen and oxygen atoms in total. The highest BCUT2D eigenvalue weighted by Crippen LogP contribution is 2.32. The van der Waals surface area contributed by atoms with Gasteiger partial charge in [0.05, 0.1) is 25.4 Å². The van der Waals surface area contributed by atoms with Crippen LogP contribution in [0.3, 0.4) is 0 Å². The molecule has 0 spiro atoms. The van der Waals surface area contributed by atoms with E-state index in [1.807, 2.05) is 54.6 Å². The molecule has 0 bridgehead atoms. The largest absolute Gasteiger partial charge is 0.497 e. The van der Waals surface area contributed by atoms with E-state index in [1.165, 1.54) is 7.11 Å². The third-order valence-corrected chi connectivity index (χ3v) is 4.77. The molecule has 1 aliphatic rings. The molecular weight excluding hydrogens is 354 g/mol. The van der Waals surface area contributed by atoms with E-state index in [0.29, 0.717) is 35.6 Å². The number of allylic oxidation sites excluding steroid dienone is 1. The molecule has 2 aromatic carbocycles. The topological polar surface area (TPSA) is 55.8 Å². The van der Waals surface area contributed by atoms with Crippen LogP contribution in [-0.2, 0) is 20.7 Å². The number of carbonyl (C=O) groups is 2. The third kappa shape index (κ3) is 3.98. The van der Waals surface area contributed by atoms with Gasteiger partial charge < -0.3 is 14.4 Å². The zero-order valence-electron chi connectivity index (χ0n) is 16.3. The number of benzene rings is 2. The quantitative estimate of drug-likeness (QED) is 0.570. The Morgan fingerprint density at radius 2 is 1.82 bits per heavy atom. The van der Waals surface area contributed by atoms with Crippen molar-refractivity contribution in [1.82, 2.24) is 4.90 Å². The maximum Gasteiger partial charge on any atom is 0.340 e. The second-order valence-electron chi connectivity index (χ2n) is 6.48. The summed E-state index contributed by atoms with van der Waals surface area (Å²) in [5, 5.41) is 0. The van der Waals surface area contributed by atoms with Gasteiger partial charge in [-0.2, -0.15) is 0 Å². The fourth-order valence-electron chi connectivity index (χ4n) is 3.28. The van der Waals surface area contributed by atoms with Crippen LogP contribution in [0, 0.1) is 0 Å². The van der Waals surface area contributed by atoms with E-state index in [9.17, 15) is 9.59 Å². The summed E-state index contributed by atoms with van der Waals surface area (Å²) in [6.07, 6.45) is 2.41. The van der Waals surface area contributed by atoms with Crippen molar-refractivity contribution >= 4 is 18.0 Å². The number of rotatable bonds is 6. The summed E-state index contributed by atoms with van der Waals surface area (Å²) in [6.45, 7) is 2.27. The Bertz CT molecular complexity index is 944. The zero-order valence-corrected chi connectivity index (χ0v) is 16.3. The summed E-state index contributed by atoms with van der Waals surface area (Å²) in [5.74, 6) is -0.0279. The van der Waals surface area contributed by atoms with E-state index >= 15 is 0 Å². The zero-order chi connectivity index (χ0) is 20.1. The van der Waals surface area contributed by atoms with Gasteiger partial charge in [-0.15, -0.1) is 0 Å². The Hall–Kier alpha value is -3.34. The molecule has 0 aromatic heterocycles. The molecule has 0 atom stereocenters. The second kappa shape index (κ2) is 8.57. The molecule has 1 aliphatic heterocycles. The Balaban J connectivity index is 1.94. The van der Waals surface area contributed by atoms with Crippen molar-refractivity contribution in [3.05, 3.63) is 82.6 Å². The van der Waals surface area contributed by atoms with Crippen LogP contribution in [-0.4, -0.2) is 37.5 Å². The SMILES string of the molecule is COC(=O)C1=C(C)N(CCc2ccccc2)C(=O)C1=Cc1cccc(OC)c1. The summed E-state index contributed by atoms with van der Waals surface area (Å²) in [5.41, 5.74) is 3.17. The van der Waals surface area contributed by atoms with Crippen molar-refractivity contribution < 1.29 is 19.1 Å². The maximum atomic E-state index is 13.1. The van der Waals surface area contributed by atoms with Gasteiger partial charge in [-0.05, 0) is 42.7 Å². The fraction of sp³-hybridized carbons (Fsp3) is 0.217. The molecule has 0 fully saturated rings. The fourth-order valence-corrected chi connectivity index (χ4v) is 3.28. The predicted molar refractivity (Wildman–Crippen MR) is 108 cm³/mol. The molecule has 0 unspecified atom stereocenters. The van der Waals surface area contributed by atoms with Gasteiger partial charge in [0.2, 0.25) is 0 Å². The summed E-state index contributed by atoms with van der Waals surface area (Å²) < 4.78 is 10.2. The van der Waals surface area contributed by atoms with Crippen LogP contribution < -0.4 is 4.74 Å². The highest BCUT2D eigenvalue weighted by molar-refractivity contribution is 6.16. The number of methoxy groups -OCH3 is 2. The van der Waals surface area contributed by atoms with Crippen LogP contribution in [0.5, 0.6) is 5.75 Å². The predicted octanol–water partition coefficient (Wildman–Crippen LogP) is 3.61. The summed E-state index contributed by atoms with van der Waals surface area (Å²) >= 11 is 0. The number of amides is 1. The highest BCUT2D eigenvalue weighted by atomic mass is 16.5. The van der Waals surface area contributed by atoms with Crippen LogP contribution in [0.1, 0.15) is 18.1 Å². The molecule has 1 heterocycles. The van der Waals surface area contributed by atoms with E-state index in [4.69, 9.17) is 9.47 Å². The molecule has 0 saturated heterocycles. The number of nitrogens with zero attached hydrogens (tertiary/aromatic N) is 1. The minimum atomic E-state index is -0.512. The van der Waals surface area contributed by atoms with Gasteiger partial charge >= 0.3 is 5.97 Å². The molecule has 5 heteroatoms. The van der Waals surface area contributed by atoms with E-state index < -0.39 is 5.97 Å². The van der Waals surface area contributed by atoms with Gasteiger partial charge in [-0.25, -0.2) is 4.79 Å². The molecule has 144 valence electrons. The minimum Gasteiger partial charge on any atom is -0.497 e. The Kier molecular flexibility index (Phi) is 5.94. The average Bonchev–Trinajstić information content (AvgIpc) is 2.96. The molecule has 1 amide bonds. The third-order valence-electron chi connectivity index (χ3n) is 4.77. The van der Waals surface area contributed by atoms with E-state index in [0.717, 1.165) is 11.1 Å². The van der Waals surface area contributed by atoms with Crippen molar-refractivity contribution in [3.8, 4) is 5.75 Å². The molecular formula is C23H23NO4. The maximum absolute atomic E-state index is 13.1. The van der Waals surface area contributed by atoms with Gasteiger partial charge in [0.15, 0.2) is 0 Å². The highest BCUT2D eigenvalue weighted by Gasteiger charge is 2.36.